The topological polar surface area (TPSA) is 69.0 Å². The third kappa shape index (κ3) is 3.91. The van der Waals surface area contributed by atoms with Crippen molar-refractivity contribution in [1.82, 2.24) is 15.0 Å². The van der Waals surface area contributed by atoms with Gasteiger partial charge in [0, 0.05) is 5.69 Å². The van der Waals surface area contributed by atoms with E-state index in [9.17, 15) is 22.4 Å². The molecule has 1 amide bonds. The highest BCUT2D eigenvalue weighted by Crippen LogP contribution is 2.33. The molecular weight excluding hydrogens is 404 g/mol. The van der Waals surface area contributed by atoms with Crippen molar-refractivity contribution in [1.29, 1.82) is 0 Å². The summed E-state index contributed by atoms with van der Waals surface area (Å²) in [4.78, 5) is 12.4. The lowest BCUT2D eigenvalue weighted by Crippen LogP contribution is -2.21. The number of methoxy groups -OCH3 is 1. The third-order valence-corrected chi connectivity index (χ3v) is 3.91. The second-order valence-corrected chi connectivity index (χ2v) is 5.89. The number of aromatic nitrogens is 3. The number of amides is 1. The first-order chi connectivity index (χ1) is 13.2. The van der Waals surface area contributed by atoms with Gasteiger partial charge in [-0.15, -0.1) is 5.10 Å². The van der Waals surface area contributed by atoms with Crippen LogP contribution in [0.5, 0.6) is 5.75 Å². The van der Waals surface area contributed by atoms with Crippen LogP contribution in [0, 0.1) is 5.82 Å². The second kappa shape index (κ2) is 7.47. The Bertz CT molecular complexity index is 1040. The molecule has 0 aliphatic rings. The number of carbonyl (C=O) groups excluding carboxylic acids is 1. The summed E-state index contributed by atoms with van der Waals surface area (Å²) in [6.45, 7) is 0. The van der Waals surface area contributed by atoms with Gasteiger partial charge in [-0.2, -0.15) is 13.2 Å². The number of hydrogen-bond donors (Lipinski definition) is 1. The van der Waals surface area contributed by atoms with Crippen molar-refractivity contribution >= 4 is 23.2 Å². The minimum absolute atomic E-state index is 0.129. The van der Waals surface area contributed by atoms with Crippen LogP contribution in [-0.4, -0.2) is 28.0 Å². The van der Waals surface area contributed by atoms with Crippen molar-refractivity contribution in [2.45, 2.75) is 6.18 Å². The normalized spacial score (nSPS) is 11.4. The monoisotopic (exact) mass is 414 g/mol. The molecule has 146 valence electrons. The van der Waals surface area contributed by atoms with Crippen molar-refractivity contribution in [3.63, 3.8) is 0 Å². The van der Waals surface area contributed by atoms with Gasteiger partial charge in [-0.1, -0.05) is 22.9 Å². The summed E-state index contributed by atoms with van der Waals surface area (Å²) in [5.41, 5.74) is -2.51. The standard InChI is InChI=1S/C17H11ClF4N4O2/c1-28-13-6-5-10(8-12(13)18)23-16(27)14-15(17(20,21)22)26(25-24-14)11-4-2-3-9(19)7-11/h2-8H,1H3,(H,23,27). The van der Waals surface area contributed by atoms with Gasteiger partial charge in [0.2, 0.25) is 0 Å². The Balaban J connectivity index is 2.00. The lowest BCUT2D eigenvalue weighted by atomic mass is 10.2. The number of alkyl halides is 3. The van der Waals surface area contributed by atoms with Gasteiger partial charge in [-0.25, -0.2) is 9.07 Å². The smallest absolute Gasteiger partial charge is 0.435 e. The van der Waals surface area contributed by atoms with Crippen molar-refractivity contribution in [2.24, 2.45) is 0 Å². The largest absolute Gasteiger partial charge is 0.495 e. The summed E-state index contributed by atoms with van der Waals surface area (Å²) in [5, 5.41) is 9.14. The molecule has 0 fully saturated rings. The third-order valence-electron chi connectivity index (χ3n) is 3.62. The first kappa shape index (κ1) is 19.6. The van der Waals surface area contributed by atoms with E-state index in [4.69, 9.17) is 16.3 Å². The summed E-state index contributed by atoms with van der Waals surface area (Å²) in [6.07, 6.45) is -4.97. The van der Waals surface area contributed by atoms with E-state index in [0.717, 1.165) is 12.1 Å². The number of ether oxygens (including phenoxy) is 1. The maximum absolute atomic E-state index is 13.6. The second-order valence-electron chi connectivity index (χ2n) is 5.48. The summed E-state index contributed by atoms with van der Waals surface area (Å²) in [5.74, 6) is -1.59. The lowest BCUT2D eigenvalue weighted by molar-refractivity contribution is -0.143. The summed E-state index contributed by atoms with van der Waals surface area (Å²) in [7, 11) is 1.39. The van der Waals surface area contributed by atoms with E-state index in [-0.39, 0.29) is 16.4 Å². The van der Waals surface area contributed by atoms with Crippen LogP contribution in [0.3, 0.4) is 0 Å². The van der Waals surface area contributed by atoms with Crippen LogP contribution in [0.15, 0.2) is 42.5 Å². The van der Waals surface area contributed by atoms with Gasteiger partial charge in [-0.3, -0.25) is 4.79 Å². The maximum atomic E-state index is 13.6. The Hall–Kier alpha value is -3.14. The van der Waals surface area contributed by atoms with Crippen LogP contribution < -0.4 is 10.1 Å². The molecule has 1 N–H and O–H groups in total. The Kier molecular flexibility index (Phi) is 5.23. The number of nitrogens with zero attached hydrogens (tertiary/aromatic N) is 3. The fourth-order valence-electron chi connectivity index (χ4n) is 2.41. The van der Waals surface area contributed by atoms with E-state index in [1.54, 1.807) is 0 Å². The number of halogens is 5. The van der Waals surface area contributed by atoms with Crippen molar-refractivity contribution in [2.75, 3.05) is 12.4 Å². The number of benzene rings is 2. The highest BCUT2D eigenvalue weighted by atomic mass is 35.5. The molecule has 0 radical (unpaired) electrons. The molecule has 0 spiro atoms. The molecule has 1 heterocycles. The molecule has 0 aliphatic carbocycles. The fourth-order valence-corrected chi connectivity index (χ4v) is 2.67. The quantitative estimate of drug-likeness (QED) is 0.645. The molecular formula is C17H11ClF4N4O2. The zero-order valence-corrected chi connectivity index (χ0v) is 14.8. The SMILES string of the molecule is COc1ccc(NC(=O)c2nnn(-c3cccc(F)c3)c2C(F)(F)F)cc1Cl. The zero-order valence-electron chi connectivity index (χ0n) is 14.1. The van der Waals surface area contributed by atoms with Gasteiger partial charge in [0.25, 0.3) is 5.91 Å². The van der Waals surface area contributed by atoms with Gasteiger partial charge in [-0.05, 0) is 36.4 Å². The molecule has 28 heavy (non-hydrogen) atoms. The Morgan fingerprint density at radius 1 is 1.21 bits per heavy atom. The summed E-state index contributed by atoms with van der Waals surface area (Å²) in [6, 6.07) is 8.47. The molecule has 0 aliphatic heterocycles. The fraction of sp³-hybridized carbons (Fsp3) is 0.118. The minimum atomic E-state index is -4.97. The molecule has 1 aromatic heterocycles. The predicted octanol–water partition coefficient (Wildman–Crippen LogP) is 4.34. The highest BCUT2D eigenvalue weighted by Gasteiger charge is 2.42. The van der Waals surface area contributed by atoms with E-state index < -0.39 is 29.3 Å². The van der Waals surface area contributed by atoms with Gasteiger partial charge < -0.3 is 10.1 Å². The predicted molar refractivity (Wildman–Crippen MR) is 92.3 cm³/mol. The van der Waals surface area contributed by atoms with E-state index >= 15 is 0 Å². The number of carbonyl (C=O) groups is 1. The van der Waals surface area contributed by atoms with Crippen molar-refractivity contribution < 1.29 is 27.1 Å². The number of anilines is 1. The molecule has 0 atom stereocenters. The molecule has 3 aromatic rings. The Morgan fingerprint density at radius 3 is 2.57 bits per heavy atom. The van der Waals surface area contributed by atoms with E-state index in [0.29, 0.717) is 10.4 Å². The molecule has 3 rings (SSSR count). The first-order valence-corrected chi connectivity index (χ1v) is 8.02. The Morgan fingerprint density at radius 2 is 1.96 bits per heavy atom. The molecule has 0 saturated carbocycles. The van der Waals surface area contributed by atoms with Gasteiger partial charge >= 0.3 is 6.18 Å². The van der Waals surface area contributed by atoms with Gasteiger partial charge in [0.05, 0.1) is 17.8 Å². The van der Waals surface area contributed by atoms with Crippen LogP contribution in [0.2, 0.25) is 5.02 Å². The average molecular weight is 415 g/mol. The van der Waals surface area contributed by atoms with Gasteiger partial charge in [0.1, 0.15) is 11.6 Å². The van der Waals surface area contributed by atoms with Crippen molar-refractivity contribution in [3.8, 4) is 11.4 Å². The number of rotatable bonds is 4. The van der Waals surface area contributed by atoms with Crippen LogP contribution in [0.1, 0.15) is 16.2 Å². The zero-order chi connectivity index (χ0) is 20.5. The maximum Gasteiger partial charge on any atom is 0.435 e. The van der Waals surface area contributed by atoms with Crippen LogP contribution in [-0.2, 0) is 6.18 Å². The number of hydrogen-bond acceptors (Lipinski definition) is 4. The van der Waals surface area contributed by atoms with Crippen molar-refractivity contribution in [3.05, 3.63) is 64.7 Å². The van der Waals surface area contributed by atoms with E-state index in [1.165, 1.54) is 37.4 Å². The molecule has 0 saturated heterocycles. The summed E-state index contributed by atoms with van der Waals surface area (Å²) < 4.78 is 59.4. The van der Waals surface area contributed by atoms with E-state index in [2.05, 4.69) is 15.6 Å². The van der Waals surface area contributed by atoms with Crippen LogP contribution in [0.25, 0.3) is 5.69 Å². The molecule has 2 aromatic carbocycles. The highest BCUT2D eigenvalue weighted by molar-refractivity contribution is 6.32. The number of nitrogens with one attached hydrogen (secondary N) is 1. The van der Waals surface area contributed by atoms with E-state index in [1.807, 2.05) is 0 Å². The Labute approximate surface area is 160 Å². The average Bonchev–Trinajstić information content (AvgIpc) is 3.07. The first-order valence-electron chi connectivity index (χ1n) is 7.64. The molecule has 6 nitrogen and oxygen atoms in total. The molecule has 11 heteroatoms. The van der Waals surface area contributed by atoms with Crippen LogP contribution >= 0.6 is 11.6 Å². The summed E-state index contributed by atoms with van der Waals surface area (Å²) >= 11 is 5.94. The lowest BCUT2D eigenvalue weighted by Gasteiger charge is -2.12. The van der Waals surface area contributed by atoms with Gasteiger partial charge in [0.15, 0.2) is 11.4 Å². The molecule has 0 unspecified atom stereocenters. The minimum Gasteiger partial charge on any atom is -0.495 e. The molecule has 0 bridgehead atoms. The van der Waals surface area contributed by atoms with Crippen LogP contribution in [0.4, 0.5) is 23.2 Å².